The van der Waals surface area contributed by atoms with Gasteiger partial charge in [0, 0.05) is 35.2 Å². The van der Waals surface area contributed by atoms with Crippen LogP contribution in [-0.4, -0.2) is 47.1 Å². The molecule has 0 aromatic heterocycles. The average molecular weight is 414 g/mol. The lowest BCUT2D eigenvalue weighted by atomic mass is 9.95. The van der Waals surface area contributed by atoms with Crippen LogP contribution in [0.25, 0.3) is 0 Å². The summed E-state index contributed by atoms with van der Waals surface area (Å²) in [5.74, 6) is -1.64. The number of aromatic carboxylic acids is 1. The van der Waals surface area contributed by atoms with Crippen LogP contribution >= 0.6 is 11.6 Å². The smallest absolute Gasteiger partial charge is 0.336 e. The molecule has 2 N–H and O–H groups in total. The zero-order valence-corrected chi connectivity index (χ0v) is 16.3. The number of carboxylic acid groups (broad SMARTS) is 1. The number of hydrogen-bond donors (Lipinski definition) is 2. The lowest BCUT2D eigenvalue weighted by molar-refractivity contribution is -0.126. The highest BCUT2D eigenvalue weighted by Crippen LogP contribution is 2.20. The van der Waals surface area contributed by atoms with Gasteiger partial charge in [-0.25, -0.2) is 10.2 Å². The van der Waals surface area contributed by atoms with E-state index in [1.54, 1.807) is 47.4 Å². The minimum atomic E-state index is -1.06. The number of halogens is 1. The van der Waals surface area contributed by atoms with Crippen LogP contribution in [0.4, 0.5) is 0 Å². The molecule has 2 amide bonds. The van der Waals surface area contributed by atoms with Gasteiger partial charge in [-0.05, 0) is 43.2 Å². The highest BCUT2D eigenvalue weighted by Gasteiger charge is 2.27. The molecule has 7 nitrogen and oxygen atoms in total. The van der Waals surface area contributed by atoms with Crippen molar-refractivity contribution in [3.8, 4) is 0 Å². The second-order valence-electron chi connectivity index (χ2n) is 6.70. The first-order valence-corrected chi connectivity index (χ1v) is 9.53. The van der Waals surface area contributed by atoms with Gasteiger partial charge in [-0.2, -0.15) is 5.10 Å². The Kier molecular flexibility index (Phi) is 6.61. The SMILES string of the molecule is O=C(O)c1ccccc1/C=N\NC(=O)C1CCN(C(=O)c2ccc(Cl)cc2)CC1. The van der Waals surface area contributed by atoms with Crippen LogP contribution in [0.1, 0.15) is 39.1 Å². The van der Waals surface area contributed by atoms with Crippen LogP contribution in [0.2, 0.25) is 5.02 Å². The number of carbonyl (C=O) groups excluding carboxylic acids is 2. The number of hydrazone groups is 1. The maximum absolute atomic E-state index is 12.5. The number of benzene rings is 2. The van der Waals surface area contributed by atoms with E-state index in [4.69, 9.17) is 16.7 Å². The van der Waals surface area contributed by atoms with Gasteiger partial charge in [-0.3, -0.25) is 9.59 Å². The number of likely N-dealkylation sites (tertiary alicyclic amines) is 1. The Morgan fingerprint density at radius 3 is 2.38 bits per heavy atom. The first-order chi connectivity index (χ1) is 14.0. The van der Waals surface area contributed by atoms with Crippen LogP contribution in [-0.2, 0) is 4.79 Å². The minimum absolute atomic E-state index is 0.0798. The van der Waals surface area contributed by atoms with Crippen molar-refractivity contribution in [1.29, 1.82) is 0 Å². The Hall–Kier alpha value is -3.19. The Bertz CT molecular complexity index is 935. The number of amides is 2. The van der Waals surface area contributed by atoms with Crippen molar-refractivity contribution in [3.05, 3.63) is 70.2 Å². The molecule has 0 radical (unpaired) electrons. The maximum Gasteiger partial charge on any atom is 0.336 e. The molecule has 2 aromatic rings. The molecule has 0 spiro atoms. The normalized spacial score (nSPS) is 14.7. The largest absolute Gasteiger partial charge is 0.478 e. The van der Waals surface area contributed by atoms with Crippen molar-refractivity contribution >= 4 is 35.6 Å². The van der Waals surface area contributed by atoms with Crippen LogP contribution in [0.15, 0.2) is 53.6 Å². The highest BCUT2D eigenvalue weighted by molar-refractivity contribution is 6.30. The van der Waals surface area contributed by atoms with Gasteiger partial charge >= 0.3 is 5.97 Å². The molecule has 1 heterocycles. The first-order valence-electron chi connectivity index (χ1n) is 9.16. The molecule has 1 aliphatic rings. The monoisotopic (exact) mass is 413 g/mol. The predicted octanol–water partition coefficient (Wildman–Crippen LogP) is 3.04. The molecule has 0 aliphatic carbocycles. The van der Waals surface area contributed by atoms with Crippen LogP contribution in [0.5, 0.6) is 0 Å². The van der Waals surface area contributed by atoms with Gasteiger partial charge in [-0.1, -0.05) is 29.8 Å². The topological polar surface area (TPSA) is 99.1 Å². The third-order valence-corrected chi connectivity index (χ3v) is 5.07. The van der Waals surface area contributed by atoms with Gasteiger partial charge in [0.15, 0.2) is 0 Å². The second kappa shape index (κ2) is 9.34. The molecule has 150 valence electrons. The summed E-state index contributed by atoms with van der Waals surface area (Å²) in [5, 5.41) is 13.6. The quantitative estimate of drug-likeness (QED) is 0.581. The van der Waals surface area contributed by atoms with Crippen molar-refractivity contribution in [2.24, 2.45) is 11.0 Å². The molecule has 1 aliphatic heterocycles. The average Bonchev–Trinajstić information content (AvgIpc) is 2.74. The fraction of sp³-hybridized carbons (Fsp3) is 0.238. The van der Waals surface area contributed by atoms with Crippen molar-refractivity contribution in [2.75, 3.05) is 13.1 Å². The number of nitrogens with zero attached hydrogens (tertiary/aromatic N) is 2. The molecule has 0 bridgehead atoms. The Balaban J connectivity index is 1.52. The minimum Gasteiger partial charge on any atom is -0.478 e. The highest BCUT2D eigenvalue weighted by atomic mass is 35.5. The number of nitrogens with one attached hydrogen (secondary N) is 1. The fourth-order valence-electron chi connectivity index (χ4n) is 3.18. The van der Waals surface area contributed by atoms with E-state index in [2.05, 4.69) is 10.5 Å². The molecule has 2 aromatic carbocycles. The third-order valence-electron chi connectivity index (χ3n) is 4.81. The number of rotatable bonds is 5. The van der Waals surface area contributed by atoms with Gasteiger partial charge in [0.2, 0.25) is 5.91 Å². The summed E-state index contributed by atoms with van der Waals surface area (Å²) < 4.78 is 0. The summed E-state index contributed by atoms with van der Waals surface area (Å²) in [4.78, 5) is 37.8. The lowest BCUT2D eigenvalue weighted by Gasteiger charge is -2.31. The van der Waals surface area contributed by atoms with Crippen molar-refractivity contribution in [1.82, 2.24) is 10.3 Å². The first kappa shape index (κ1) is 20.5. The van der Waals surface area contributed by atoms with Crippen LogP contribution < -0.4 is 5.43 Å². The van der Waals surface area contributed by atoms with Crippen molar-refractivity contribution in [2.45, 2.75) is 12.8 Å². The Labute approximate surface area is 173 Å². The van der Waals surface area contributed by atoms with E-state index in [0.717, 1.165) is 0 Å². The van der Waals surface area contributed by atoms with Gasteiger partial charge in [0.25, 0.3) is 5.91 Å². The summed E-state index contributed by atoms with van der Waals surface area (Å²) in [6, 6.07) is 13.1. The van der Waals surface area contributed by atoms with E-state index < -0.39 is 5.97 Å². The molecule has 1 saturated heterocycles. The van der Waals surface area contributed by atoms with Gasteiger partial charge in [0.1, 0.15) is 0 Å². The van der Waals surface area contributed by atoms with Gasteiger partial charge in [0.05, 0.1) is 11.8 Å². The van der Waals surface area contributed by atoms with E-state index in [0.29, 0.717) is 42.1 Å². The molecule has 0 saturated carbocycles. The van der Waals surface area contributed by atoms with Crippen LogP contribution in [0.3, 0.4) is 0 Å². The molecule has 1 fully saturated rings. The summed E-state index contributed by atoms with van der Waals surface area (Å²) in [7, 11) is 0. The molecular weight excluding hydrogens is 394 g/mol. The summed E-state index contributed by atoms with van der Waals surface area (Å²) in [6.07, 6.45) is 2.39. The Morgan fingerprint density at radius 1 is 1.07 bits per heavy atom. The molecule has 3 rings (SSSR count). The zero-order chi connectivity index (χ0) is 20.8. The molecule has 29 heavy (non-hydrogen) atoms. The summed E-state index contributed by atoms with van der Waals surface area (Å²) in [6.45, 7) is 0.955. The number of carboxylic acids is 1. The number of carbonyl (C=O) groups is 3. The van der Waals surface area contributed by atoms with Crippen molar-refractivity contribution < 1.29 is 19.5 Å². The van der Waals surface area contributed by atoms with E-state index in [-0.39, 0.29) is 23.3 Å². The third kappa shape index (κ3) is 5.20. The zero-order valence-electron chi connectivity index (χ0n) is 15.5. The predicted molar refractivity (Wildman–Crippen MR) is 109 cm³/mol. The molecule has 0 unspecified atom stereocenters. The Morgan fingerprint density at radius 2 is 1.72 bits per heavy atom. The standard InChI is InChI=1S/C21H20ClN3O4/c22-17-7-5-15(6-8-17)20(27)25-11-9-14(10-12-25)19(26)24-23-13-16-3-1-2-4-18(16)21(28)29/h1-8,13-14H,9-12H2,(H,24,26)(H,28,29)/b23-13-. The van der Waals surface area contributed by atoms with Crippen molar-refractivity contribution in [3.63, 3.8) is 0 Å². The fourth-order valence-corrected chi connectivity index (χ4v) is 3.31. The van der Waals surface area contributed by atoms with Crippen LogP contribution in [0, 0.1) is 5.92 Å². The van der Waals surface area contributed by atoms with E-state index in [1.165, 1.54) is 12.3 Å². The second-order valence-corrected chi connectivity index (χ2v) is 7.14. The van der Waals surface area contributed by atoms with Gasteiger partial charge in [-0.15, -0.1) is 0 Å². The lowest BCUT2D eigenvalue weighted by Crippen LogP contribution is -2.42. The van der Waals surface area contributed by atoms with E-state index in [1.807, 2.05) is 0 Å². The number of piperidine rings is 1. The van der Waals surface area contributed by atoms with E-state index >= 15 is 0 Å². The maximum atomic E-state index is 12.5. The molecule has 0 atom stereocenters. The molecular formula is C21H20ClN3O4. The van der Waals surface area contributed by atoms with Gasteiger partial charge < -0.3 is 10.0 Å². The molecule has 8 heteroatoms. The number of hydrogen-bond acceptors (Lipinski definition) is 4. The van der Waals surface area contributed by atoms with E-state index in [9.17, 15) is 14.4 Å². The summed E-state index contributed by atoms with van der Waals surface area (Å²) >= 11 is 5.85. The summed E-state index contributed by atoms with van der Waals surface area (Å²) in [5.41, 5.74) is 3.55.